The maximum absolute atomic E-state index is 11.8. The van der Waals surface area contributed by atoms with Crippen LogP contribution in [-0.4, -0.2) is 23.1 Å². The van der Waals surface area contributed by atoms with Crippen molar-refractivity contribution in [1.82, 2.24) is 0 Å². The summed E-state index contributed by atoms with van der Waals surface area (Å²) in [4.78, 5) is 23.5. The van der Waals surface area contributed by atoms with Crippen LogP contribution in [-0.2, 0) is 19.1 Å². The van der Waals surface area contributed by atoms with Crippen LogP contribution in [0.15, 0.2) is 0 Å². The molecule has 0 N–H and O–H groups in total. The lowest BCUT2D eigenvalue weighted by molar-refractivity contribution is -0.188. The molecule has 4 nitrogen and oxygen atoms in total. The Labute approximate surface area is 104 Å². The van der Waals surface area contributed by atoms with Crippen LogP contribution >= 0.6 is 0 Å². The lowest BCUT2D eigenvalue weighted by Gasteiger charge is -2.29. The number of esters is 2. The van der Waals surface area contributed by atoms with Crippen LogP contribution < -0.4 is 0 Å². The fourth-order valence-corrected chi connectivity index (χ4v) is 0.961. The summed E-state index contributed by atoms with van der Waals surface area (Å²) in [6.07, 6.45) is 0.684. The molecule has 0 saturated heterocycles. The summed E-state index contributed by atoms with van der Waals surface area (Å²) in [7, 11) is 0. The lowest BCUT2D eigenvalue weighted by Crippen LogP contribution is -2.43. The Morgan fingerprint density at radius 2 is 1.53 bits per heavy atom. The van der Waals surface area contributed by atoms with Crippen LogP contribution in [0.3, 0.4) is 0 Å². The highest BCUT2D eigenvalue weighted by Crippen LogP contribution is 2.19. The number of hydrogen-bond donors (Lipinski definition) is 0. The van der Waals surface area contributed by atoms with Gasteiger partial charge < -0.3 is 9.47 Å². The molecule has 0 saturated carbocycles. The molecule has 0 rings (SSSR count). The largest absolute Gasteiger partial charge is 0.457 e. The van der Waals surface area contributed by atoms with Crippen molar-refractivity contribution in [3.63, 3.8) is 0 Å². The Morgan fingerprint density at radius 3 is 1.88 bits per heavy atom. The van der Waals surface area contributed by atoms with E-state index >= 15 is 0 Å². The van der Waals surface area contributed by atoms with Gasteiger partial charge in [0.05, 0.1) is 5.92 Å². The molecule has 1 unspecified atom stereocenters. The second-order valence-corrected chi connectivity index (χ2v) is 5.74. The van der Waals surface area contributed by atoms with E-state index in [0.29, 0.717) is 6.42 Å². The first kappa shape index (κ1) is 15.9. The Hall–Kier alpha value is -1.06. The molecule has 0 aliphatic carbocycles. The number of carbonyl (C=O) groups excluding carboxylic acids is 2. The molecule has 0 fully saturated rings. The van der Waals surface area contributed by atoms with Crippen molar-refractivity contribution >= 4 is 11.9 Å². The van der Waals surface area contributed by atoms with E-state index in [0.717, 1.165) is 0 Å². The normalized spacial score (nSPS) is 14.1. The molecule has 0 radical (unpaired) electrons. The first-order valence-corrected chi connectivity index (χ1v) is 5.96. The van der Waals surface area contributed by atoms with Crippen LogP contribution in [0.2, 0.25) is 0 Å². The molecule has 0 aromatic heterocycles. The van der Waals surface area contributed by atoms with E-state index < -0.39 is 17.2 Å². The Bertz CT molecular complexity index is 286. The first-order chi connectivity index (χ1) is 7.49. The average Bonchev–Trinajstić information content (AvgIpc) is 2.13. The smallest absolute Gasteiger partial charge is 0.350 e. The van der Waals surface area contributed by atoms with E-state index in [1.54, 1.807) is 41.5 Å². The summed E-state index contributed by atoms with van der Waals surface area (Å²) in [5.74, 6) is -1.11. The predicted octanol–water partition coefficient (Wildman–Crippen LogP) is 2.70. The summed E-state index contributed by atoms with van der Waals surface area (Å²) in [5.41, 5.74) is -1.83. The van der Waals surface area contributed by atoms with Gasteiger partial charge in [0, 0.05) is 0 Å². The van der Waals surface area contributed by atoms with Crippen molar-refractivity contribution in [1.29, 1.82) is 0 Å². The molecule has 4 heteroatoms. The number of rotatable bonds is 4. The lowest BCUT2D eigenvalue weighted by atomic mass is 10.1. The highest BCUT2D eigenvalue weighted by Gasteiger charge is 2.37. The highest BCUT2D eigenvalue weighted by atomic mass is 16.6. The van der Waals surface area contributed by atoms with Crippen LogP contribution in [0.4, 0.5) is 0 Å². The molecule has 0 spiro atoms. The number of carbonyl (C=O) groups is 2. The topological polar surface area (TPSA) is 52.6 Å². The average molecular weight is 244 g/mol. The number of ether oxygens (including phenoxy) is 2. The molecule has 100 valence electrons. The van der Waals surface area contributed by atoms with E-state index in [1.165, 1.54) is 0 Å². The molecule has 17 heavy (non-hydrogen) atoms. The van der Waals surface area contributed by atoms with Crippen LogP contribution in [0.5, 0.6) is 0 Å². The van der Waals surface area contributed by atoms with Crippen molar-refractivity contribution in [3.8, 4) is 0 Å². The fourth-order valence-electron chi connectivity index (χ4n) is 0.961. The Morgan fingerprint density at radius 1 is 1.06 bits per heavy atom. The molecule has 0 aliphatic heterocycles. The van der Waals surface area contributed by atoms with Gasteiger partial charge in [0.15, 0.2) is 0 Å². The van der Waals surface area contributed by atoms with Crippen molar-refractivity contribution in [2.24, 2.45) is 5.92 Å². The minimum atomic E-state index is -1.24. The van der Waals surface area contributed by atoms with Crippen molar-refractivity contribution in [2.45, 2.75) is 66.1 Å². The summed E-state index contributed by atoms with van der Waals surface area (Å²) < 4.78 is 10.4. The van der Waals surface area contributed by atoms with E-state index in [9.17, 15) is 9.59 Å². The third-order valence-electron chi connectivity index (χ3n) is 2.26. The minimum Gasteiger partial charge on any atom is -0.457 e. The van der Waals surface area contributed by atoms with Gasteiger partial charge in [0.2, 0.25) is 5.60 Å². The van der Waals surface area contributed by atoms with Crippen LogP contribution in [0.1, 0.15) is 54.9 Å². The molecule has 0 aromatic rings. The summed E-state index contributed by atoms with van der Waals surface area (Å²) >= 11 is 0. The van der Waals surface area contributed by atoms with Crippen molar-refractivity contribution in [2.75, 3.05) is 0 Å². The zero-order valence-electron chi connectivity index (χ0n) is 11.9. The van der Waals surface area contributed by atoms with Gasteiger partial charge in [-0.3, -0.25) is 4.79 Å². The zero-order valence-corrected chi connectivity index (χ0v) is 11.9. The maximum atomic E-state index is 11.8. The first-order valence-electron chi connectivity index (χ1n) is 5.96. The highest BCUT2D eigenvalue weighted by molar-refractivity contribution is 5.83. The van der Waals surface area contributed by atoms with Crippen LogP contribution in [0, 0.1) is 5.92 Å². The summed E-state index contributed by atoms with van der Waals surface area (Å²) in [5, 5.41) is 0. The summed E-state index contributed by atoms with van der Waals surface area (Å²) in [6, 6.07) is 0. The standard InChI is InChI=1S/C13H24O4/c1-8-9(2)10(14)16-13(6,7)11(15)17-12(3,4)5/h9H,8H2,1-7H3. The van der Waals surface area contributed by atoms with E-state index in [2.05, 4.69) is 0 Å². The maximum Gasteiger partial charge on any atom is 0.350 e. The minimum absolute atomic E-state index is 0.211. The van der Waals surface area contributed by atoms with Gasteiger partial charge >= 0.3 is 11.9 Å². The SMILES string of the molecule is CCC(C)C(=O)OC(C)(C)C(=O)OC(C)(C)C. The third-order valence-corrected chi connectivity index (χ3v) is 2.26. The van der Waals surface area contributed by atoms with Gasteiger partial charge in [-0.05, 0) is 41.0 Å². The molecule has 0 amide bonds. The van der Waals surface area contributed by atoms with Gasteiger partial charge in [-0.1, -0.05) is 13.8 Å². The molecular formula is C13H24O4. The zero-order chi connectivity index (χ0) is 13.9. The second kappa shape index (κ2) is 5.52. The van der Waals surface area contributed by atoms with Crippen LogP contribution in [0.25, 0.3) is 0 Å². The van der Waals surface area contributed by atoms with Gasteiger partial charge in [-0.25, -0.2) is 4.79 Å². The molecule has 0 bridgehead atoms. The Kier molecular flexibility index (Phi) is 5.17. The Balaban J connectivity index is 4.57. The van der Waals surface area contributed by atoms with E-state index in [1.807, 2.05) is 6.92 Å². The second-order valence-electron chi connectivity index (χ2n) is 5.74. The molecule has 0 aliphatic rings. The molecule has 0 aromatic carbocycles. The van der Waals surface area contributed by atoms with Crippen molar-refractivity contribution in [3.05, 3.63) is 0 Å². The van der Waals surface area contributed by atoms with E-state index in [-0.39, 0.29) is 11.9 Å². The molecule has 1 atom stereocenters. The quantitative estimate of drug-likeness (QED) is 0.713. The van der Waals surface area contributed by atoms with E-state index in [4.69, 9.17) is 9.47 Å². The van der Waals surface area contributed by atoms with Crippen molar-refractivity contribution < 1.29 is 19.1 Å². The summed E-state index contributed by atoms with van der Waals surface area (Å²) in [6.45, 7) is 12.1. The van der Waals surface area contributed by atoms with Gasteiger partial charge in [0.1, 0.15) is 5.60 Å². The monoisotopic (exact) mass is 244 g/mol. The fraction of sp³-hybridized carbons (Fsp3) is 0.846. The molecule has 0 heterocycles. The van der Waals surface area contributed by atoms with Gasteiger partial charge in [-0.15, -0.1) is 0 Å². The van der Waals surface area contributed by atoms with Gasteiger partial charge in [0.25, 0.3) is 0 Å². The predicted molar refractivity (Wildman–Crippen MR) is 65.5 cm³/mol. The molecular weight excluding hydrogens is 220 g/mol. The van der Waals surface area contributed by atoms with Gasteiger partial charge in [-0.2, -0.15) is 0 Å². The third kappa shape index (κ3) is 5.71. The number of hydrogen-bond acceptors (Lipinski definition) is 4.